The molecule has 28 heavy (non-hydrogen) atoms. The van der Waals surface area contributed by atoms with E-state index in [1.54, 1.807) is 7.11 Å². The second kappa shape index (κ2) is 14.2. The molecule has 0 aliphatic carbocycles. The van der Waals surface area contributed by atoms with Gasteiger partial charge in [-0.1, -0.05) is 18.2 Å². The molecule has 2 rings (SSSR count). The number of aryl methyl sites for hydroxylation is 1. The fourth-order valence-electron chi connectivity index (χ4n) is 2.47. The van der Waals surface area contributed by atoms with Crippen molar-refractivity contribution in [3.05, 3.63) is 59.4 Å². The first-order chi connectivity index (χ1) is 13.2. The number of nitrogens with zero attached hydrogens (tertiary/aromatic N) is 2. The Labute approximate surface area is 185 Å². The molecule has 0 saturated carbocycles. The molecule has 7 heteroatoms. The lowest BCUT2D eigenvalue weighted by atomic mass is 10.2. The highest BCUT2D eigenvalue weighted by molar-refractivity contribution is 14.0. The van der Waals surface area contributed by atoms with Crippen molar-refractivity contribution in [2.45, 2.75) is 33.4 Å². The number of hydrogen-bond donors (Lipinski definition) is 2. The Balaban J connectivity index is 0.00000392. The minimum absolute atomic E-state index is 0. The van der Waals surface area contributed by atoms with Crippen molar-refractivity contribution >= 4 is 29.9 Å². The molecule has 0 atom stereocenters. The number of aliphatic imine (C=N–C) groups is 1. The summed E-state index contributed by atoms with van der Waals surface area (Å²) in [5.74, 6) is 1.62. The van der Waals surface area contributed by atoms with Crippen LogP contribution in [-0.4, -0.2) is 37.8 Å². The van der Waals surface area contributed by atoms with Crippen LogP contribution in [0.2, 0.25) is 0 Å². The third kappa shape index (κ3) is 9.36. The second-order valence-electron chi connectivity index (χ2n) is 6.11. The van der Waals surface area contributed by atoms with Crippen molar-refractivity contribution in [3.63, 3.8) is 0 Å². The molecule has 1 aromatic heterocycles. The van der Waals surface area contributed by atoms with E-state index in [4.69, 9.17) is 9.47 Å². The van der Waals surface area contributed by atoms with E-state index in [1.165, 1.54) is 0 Å². The molecule has 0 aliphatic heterocycles. The van der Waals surface area contributed by atoms with Gasteiger partial charge in [-0.25, -0.2) is 4.99 Å². The highest BCUT2D eigenvalue weighted by Crippen LogP contribution is 2.11. The van der Waals surface area contributed by atoms with Crippen molar-refractivity contribution in [2.75, 3.05) is 26.9 Å². The minimum atomic E-state index is 0. The van der Waals surface area contributed by atoms with Crippen molar-refractivity contribution in [1.29, 1.82) is 0 Å². The van der Waals surface area contributed by atoms with Gasteiger partial charge in [0, 0.05) is 25.5 Å². The Morgan fingerprint density at radius 2 is 1.89 bits per heavy atom. The topological polar surface area (TPSA) is 67.8 Å². The number of ether oxygens (including phenoxy) is 2. The summed E-state index contributed by atoms with van der Waals surface area (Å²) in [7, 11) is 1.67. The van der Waals surface area contributed by atoms with E-state index in [0.29, 0.717) is 13.1 Å². The SMILES string of the molecule is CCOCCCNC(=NCc1ccc(OC)cc1)NCc1cccc(C)n1.I. The van der Waals surface area contributed by atoms with Gasteiger partial charge >= 0.3 is 0 Å². The molecule has 0 saturated heterocycles. The van der Waals surface area contributed by atoms with E-state index < -0.39 is 0 Å². The van der Waals surface area contributed by atoms with Gasteiger partial charge < -0.3 is 20.1 Å². The van der Waals surface area contributed by atoms with E-state index in [2.05, 4.69) is 20.6 Å². The summed E-state index contributed by atoms with van der Waals surface area (Å²) in [5, 5.41) is 6.72. The molecule has 2 aromatic rings. The Kier molecular flexibility index (Phi) is 12.2. The largest absolute Gasteiger partial charge is 0.497 e. The van der Waals surface area contributed by atoms with Crippen molar-refractivity contribution < 1.29 is 9.47 Å². The number of aromatic nitrogens is 1. The number of halogens is 1. The summed E-state index contributed by atoms with van der Waals surface area (Å²) < 4.78 is 10.6. The van der Waals surface area contributed by atoms with Crippen LogP contribution in [0.25, 0.3) is 0 Å². The van der Waals surface area contributed by atoms with Crippen molar-refractivity contribution in [2.24, 2.45) is 4.99 Å². The lowest BCUT2D eigenvalue weighted by molar-refractivity contribution is 0.145. The molecule has 1 aromatic carbocycles. The number of methoxy groups -OCH3 is 1. The molecule has 0 aliphatic rings. The monoisotopic (exact) mass is 498 g/mol. The van der Waals surface area contributed by atoms with Gasteiger partial charge in [0.15, 0.2) is 5.96 Å². The van der Waals surface area contributed by atoms with E-state index >= 15 is 0 Å². The standard InChI is InChI=1S/C21H30N4O2.HI/c1-4-27-14-6-13-22-21(24-16-19-8-5-7-17(2)25-19)23-15-18-9-11-20(26-3)12-10-18;/h5,7-12H,4,6,13-16H2,1-3H3,(H2,22,23,24);1H. The number of hydrogen-bond acceptors (Lipinski definition) is 4. The number of rotatable bonds is 10. The summed E-state index contributed by atoms with van der Waals surface area (Å²) in [4.78, 5) is 9.21. The summed E-state index contributed by atoms with van der Waals surface area (Å²) in [5.41, 5.74) is 3.12. The van der Waals surface area contributed by atoms with Crippen LogP contribution in [0.4, 0.5) is 0 Å². The molecule has 1 heterocycles. The van der Waals surface area contributed by atoms with Gasteiger partial charge in [-0.05, 0) is 50.1 Å². The molecule has 0 radical (unpaired) electrons. The van der Waals surface area contributed by atoms with Crippen LogP contribution in [0.1, 0.15) is 30.3 Å². The predicted molar refractivity (Wildman–Crippen MR) is 124 cm³/mol. The summed E-state index contributed by atoms with van der Waals surface area (Å²) in [6, 6.07) is 14.0. The predicted octanol–water partition coefficient (Wildman–Crippen LogP) is 3.68. The second-order valence-corrected chi connectivity index (χ2v) is 6.11. The van der Waals surface area contributed by atoms with Crippen LogP contribution in [0.5, 0.6) is 5.75 Å². The fraction of sp³-hybridized carbons (Fsp3) is 0.429. The first-order valence-corrected chi connectivity index (χ1v) is 9.36. The van der Waals surface area contributed by atoms with Gasteiger partial charge in [0.2, 0.25) is 0 Å². The zero-order chi connectivity index (χ0) is 19.3. The minimum Gasteiger partial charge on any atom is -0.497 e. The Bertz CT molecular complexity index is 708. The maximum absolute atomic E-state index is 5.39. The van der Waals surface area contributed by atoms with Crippen LogP contribution < -0.4 is 15.4 Å². The van der Waals surface area contributed by atoms with Crippen LogP contribution in [-0.2, 0) is 17.8 Å². The summed E-state index contributed by atoms with van der Waals surface area (Å²) >= 11 is 0. The summed E-state index contributed by atoms with van der Waals surface area (Å²) in [6.45, 7) is 7.51. The quantitative estimate of drug-likeness (QED) is 0.227. The number of benzene rings is 1. The Hall–Kier alpha value is -1.87. The van der Waals surface area contributed by atoms with Gasteiger partial charge in [0.25, 0.3) is 0 Å². The van der Waals surface area contributed by atoms with Crippen LogP contribution >= 0.6 is 24.0 Å². The number of guanidine groups is 1. The third-order valence-electron chi connectivity index (χ3n) is 3.92. The smallest absolute Gasteiger partial charge is 0.191 e. The highest BCUT2D eigenvalue weighted by atomic mass is 127. The van der Waals surface area contributed by atoms with Crippen molar-refractivity contribution in [3.8, 4) is 5.75 Å². The molecule has 6 nitrogen and oxygen atoms in total. The average Bonchev–Trinajstić information content (AvgIpc) is 2.69. The lowest BCUT2D eigenvalue weighted by Gasteiger charge is -2.13. The zero-order valence-electron chi connectivity index (χ0n) is 16.9. The van der Waals surface area contributed by atoms with Crippen LogP contribution in [0.3, 0.4) is 0 Å². The van der Waals surface area contributed by atoms with E-state index in [9.17, 15) is 0 Å². The molecule has 0 amide bonds. The van der Waals surface area contributed by atoms with E-state index in [-0.39, 0.29) is 24.0 Å². The van der Waals surface area contributed by atoms with E-state index in [1.807, 2.05) is 56.3 Å². The van der Waals surface area contributed by atoms with E-state index in [0.717, 1.165) is 54.8 Å². The van der Waals surface area contributed by atoms with Gasteiger partial charge in [-0.3, -0.25) is 4.98 Å². The van der Waals surface area contributed by atoms with Gasteiger partial charge in [-0.2, -0.15) is 0 Å². The summed E-state index contributed by atoms with van der Waals surface area (Å²) in [6.07, 6.45) is 0.930. The molecule has 0 unspecified atom stereocenters. The normalized spacial score (nSPS) is 10.9. The highest BCUT2D eigenvalue weighted by Gasteiger charge is 2.01. The first kappa shape index (κ1) is 24.2. The Morgan fingerprint density at radius 1 is 1.11 bits per heavy atom. The number of nitrogens with one attached hydrogen (secondary N) is 2. The molecular formula is C21H31IN4O2. The average molecular weight is 498 g/mol. The zero-order valence-corrected chi connectivity index (χ0v) is 19.2. The van der Waals surface area contributed by atoms with Crippen LogP contribution in [0.15, 0.2) is 47.5 Å². The molecule has 2 N–H and O–H groups in total. The van der Waals surface area contributed by atoms with Crippen LogP contribution in [0, 0.1) is 6.92 Å². The molecule has 154 valence electrons. The van der Waals surface area contributed by atoms with Crippen molar-refractivity contribution in [1.82, 2.24) is 15.6 Å². The molecule has 0 spiro atoms. The van der Waals surface area contributed by atoms with Gasteiger partial charge in [0.1, 0.15) is 5.75 Å². The fourth-order valence-corrected chi connectivity index (χ4v) is 2.47. The third-order valence-corrected chi connectivity index (χ3v) is 3.92. The maximum Gasteiger partial charge on any atom is 0.191 e. The van der Waals surface area contributed by atoms with Gasteiger partial charge in [0.05, 0.1) is 25.9 Å². The molecular weight excluding hydrogens is 467 g/mol. The molecule has 0 fully saturated rings. The maximum atomic E-state index is 5.39. The Morgan fingerprint density at radius 3 is 2.57 bits per heavy atom. The number of pyridine rings is 1. The lowest BCUT2D eigenvalue weighted by Crippen LogP contribution is -2.38. The molecule has 0 bridgehead atoms. The first-order valence-electron chi connectivity index (χ1n) is 9.36. The van der Waals surface area contributed by atoms with Gasteiger partial charge in [-0.15, -0.1) is 24.0 Å².